The van der Waals surface area contributed by atoms with Crippen molar-refractivity contribution in [3.05, 3.63) is 29.3 Å². The summed E-state index contributed by atoms with van der Waals surface area (Å²) < 4.78 is 0. The molecule has 0 radical (unpaired) electrons. The maximum atomic E-state index is 11.6. The lowest BCUT2D eigenvalue weighted by atomic mass is 10.1. The minimum Gasteiger partial charge on any atom is -0.352 e. The summed E-state index contributed by atoms with van der Waals surface area (Å²) in [6.45, 7) is 4.59. The Morgan fingerprint density at radius 1 is 1.26 bits per heavy atom. The van der Waals surface area contributed by atoms with Gasteiger partial charge in [-0.2, -0.15) is 0 Å². The van der Waals surface area contributed by atoms with Gasteiger partial charge < -0.3 is 16.0 Å². The van der Waals surface area contributed by atoms with E-state index in [1.807, 2.05) is 13.8 Å². The molecule has 0 atom stereocenters. The molecule has 0 fully saturated rings. The van der Waals surface area contributed by atoms with E-state index >= 15 is 0 Å². The highest BCUT2D eigenvalue weighted by atomic mass is 35.5. The highest BCUT2D eigenvalue weighted by Gasteiger charge is 2.08. The number of carbonyl (C=O) groups is 2. The summed E-state index contributed by atoms with van der Waals surface area (Å²) >= 11 is 0. The van der Waals surface area contributed by atoms with Gasteiger partial charge in [-0.1, -0.05) is 0 Å². The first kappa shape index (κ1) is 17.4. The largest absolute Gasteiger partial charge is 0.352 e. The highest BCUT2D eigenvalue weighted by molar-refractivity contribution is 5.96. The average molecular weight is 286 g/mol. The summed E-state index contributed by atoms with van der Waals surface area (Å²) in [6.07, 6.45) is 0. The summed E-state index contributed by atoms with van der Waals surface area (Å²) in [4.78, 5) is 23.1. The Morgan fingerprint density at radius 3 is 2.47 bits per heavy atom. The Morgan fingerprint density at radius 2 is 1.95 bits per heavy atom. The summed E-state index contributed by atoms with van der Waals surface area (Å²) in [5, 5.41) is 8.29. The van der Waals surface area contributed by atoms with Gasteiger partial charge in [-0.15, -0.1) is 12.4 Å². The van der Waals surface area contributed by atoms with Crippen LogP contribution in [-0.4, -0.2) is 32.0 Å². The van der Waals surface area contributed by atoms with E-state index in [1.165, 1.54) is 0 Å². The third-order valence-electron chi connectivity index (χ3n) is 2.44. The number of hydrogen-bond donors (Lipinski definition) is 3. The SMILES string of the molecule is CCNC(=O)c1ccc(NC(=O)CNC)c(C)c1.Cl. The first-order valence-corrected chi connectivity index (χ1v) is 5.91. The van der Waals surface area contributed by atoms with Crippen molar-refractivity contribution in [3.8, 4) is 0 Å². The number of carbonyl (C=O) groups excluding carboxylic acids is 2. The molecule has 0 aliphatic rings. The Hall–Kier alpha value is -1.59. The van der Waals surface area contributed by atoms with Crippen molar-refractivity contribution in [1.82, 2.24) is 10.6 Å². The molecule has 0 saturated carbocycles. The van der Waals surface area contributed by atoms with E-state index in [0.717, 1.165) is 11.3 Å². The molecule has 0 unspecified atom stereocenters. The van der Waals surface area contributed by atoms with Crippen LogP contribution in [0.4, 0.5) is 5.69 Å². The van der Waals surface area contributed by atoms with Gasteiger partial charge in [0.25, 0.3) is 5.91 Å². The molecule has 0 aromatic heterocycles. The van der Waals surface area contributed by atoms with Crippen molar-refractivity contribution in [1.29, 1.82) is 0 Å². The van der Waals surface area contributed by atoms with Gasteiger partial charge in [-0.3, -0.25) is 9.59 Å². The van der Waals surface area contributed by atoms with Crippen molar-refractivity contribution in [3.63, 3.8) is 0 Å². The molecular weight excluding hydrogens is 266 g/mol. The Kier molecular flexibility index (Phi) is 7.79. The van der Waals surface area contributed by atoms with Crippen molar-refractivity contribution in [2.75, 3.05) is 25.5 Å². The second-order valence-electron chi connectivity index (χ2n) is 3.97. The van der Waals surface area contributed by atoms with Gasteiger partial charge in [0.05, 0.1) is 6.54 Å². The molecular formula is C13H20ClN3O2. The number of rotatable bonds is 5. The van der Waals surface area contributed by atoms with E-state index in [9.17, 15) is 9.59 Å². The van der Waals surface area contributed by atoms with Crippen LogP contribution in [0.1, 0.15) is 22.8 Å². The minimum absolute atomic E-state index is 0. The quantitative estimate of drug-likeness (QED) is 0.764. The number of hydrogen-bond acceptors (Lipinski definition) is 3. The normalized spacial score (nSPS) is 9.42. The van der Waals surface area contributed by atoms with E-state index in [0.29, 0.717) is 12.1 Å². The molecule has 0 spiro atoms. The lowest BCUT2D eigenvalue weighted by Gasteiger charge is -2.10. The molecule has 5 nitrogen and oxygen atoms in total. The van der Waals surface area contributed by atoms with E-state index in [4.69, 9.17) is 0 Å². The number of aryl methyl sites for hydroxylation is 1. The molecule has 0 aliphatic heterocycles. The van der Waals surface area contributed by atoms with Crippen molar-refractivity contribution in [2.45, 2.75) is 13.8 Å². The second kappa shape index (κ2) is 8.50. The van der Waals surface area contributed by atoms with Crippen LogP contribution >= 0.6 is 12.4 Å². The zero-order valence-corrected chi connectivity index (χ0v) is 12.2. The highest BCUT2D eigenvalue weighted by Crippen LogP contribution is 2.16. The Balaban J connectivity index is 0.00000324. The van der Waals surface area contributed by atoms with Gasteiger partial charge in [0.1, 0.15) is 0 Å². The molecule has 3 N–H and O–H groups in total. The van der Waals surface area contributed by atoms with Crippen LogP contribution in [0.15, 0.2) is 18.2 Å². The first-order chi connectivity index (χ1) is 8.58. The molecule has 1 aromatic carbocycles. The van der Waals surface area contributed by atoms with Crippen LogP contribution in [0.2, 0.25) is 0 Å². The smallest absolute Gasteiger partial charge is 0.251 e. The van der Waals surface area contributed by atoms with Gasteiger partial charge >= 0.3 is 0 Å². The molecule has 2 amide bonds. The van der Waals surface area contributed by atoms with Crippen LogP contribution in [0.25, 0.3) is 0 Å². The number of anilines is 1. The van der Waals surface area contributed by atoms with Crippen molar-refractivity contribution in [2.24, 2.45) is 0 Å². The zero-order valence-electron chi connectivity index (χ0n) is 11.4. The molecule has 6 heteroatoms. The van der Waals surface area contributed by atoms with E-state index in [1.54, 1.807) is 25.2 Å². The maximum Gasteiger partial charge on any atom is 0.251 e. The molecule has 0 aliphatic carbocycles. The van der Waals surface area contributed by atoms with Gasteiger partial charge in [-0.05, 0) is 44.7 Å². The molecule has 1 rings (SSSR count). The predicted octanol–water partition coefficient (Wildman–Crippen LogP) is 1.32. The standard InChI is InChI=1S/C13H19N3O2.ClH/c1-4-15-13(18)10-5-6-11(9(2)7-10)16-12(17)8-14-3;/h5-7,14H,4,8H2,1-3H3,(H,15,18)(H,16,17);1H. The summed E-state index contributed by atoms with van der Waals surface area (Å²) in [6, 6.07) is 5.21. The van der Waals surface area contributed by atoms with Gasteiger partial charge in [0, 0.05) is 17.8 Å². The Labute approximate surface area is 119 Å². The van der Waals surface area contributed by atoms with E-state index in [-0.39, 0.29) is 30.8 Å². The number of amides is 2. The van der Waals surface area contributed by atoms with Crippen molar-refractivity contribution >= 4 is 29.9 Å². The monoisotopic (exact) mass is 285 g/mol. The number of benzene rings is 1. The number of nitrogens with one attached hydrogen (secondary N) is 3. The zero-order chi connectivity index (χ0) is 13.5. The van der Waals surface area contributed by atoms with E-state index < -0.39 is 0 Å². The molecule has 106 valence electrons. The average Bonchev–Trinajstić information content (AvgIpc) is 2.32. The second-order valence-corrected chi connectivity index (χ2v) is 3.97. The summed E-state index contributed by atoms with van der Waals surface area (Å²) in [5.74, 6) is -0.208. The Bertz CT molecular complexity index is 450. The van der Waals surface area contributed by atoms with Crippen LogP contribution < -0.4 is 16.0 Å². The van der Waals surface area contributed by atoms with E-state index in [2.05, 4.69) is 16.0 Å². The molecule has 1 aromatic rings. The minimum atomic E-state index is -0.105. The molecule has 0 saturated heterocycles. The molecule has 0 bridgehead atoms. The summed E-state index contributed by atoms with van der Waals surface area (Å²) in [7, 11) is 1.71. The maximum absolute atomic E-state index is 11.6. The molecule has 0 heterocycles. The number of likely N-dealkylation sites (N-methyl/N-ethyl adjacent to an activating group) is 1. The van der Waals surface area contributed by atoms with Crippen LogP contribution in [0, 0.1) is 6.92 Å². The third kappa shape index (κ3) is 5.28. The lowest BCUT2D eigenvalue weighted by molar-refractivity contribution is -0.115. The van der Waals surface area contributed by atoms with Crippen LogP contribution in [-0.2, 0) is 4.79 Å². The fourth-order valence-electron chi connectivity index (χ4n) is 1.56. The first-order valence-electron chi connectivity index (χ1n) is 5.91. The topological polar surface area (TPSA) is 70.2 Å². The predicted molar refractivity (Wildman–Crippen MR) is 79.0 cm³/mol. The third-order valence-corrected chi connectivity index (χ3v) is 2.44. The summed E-state index contributed by atoms with van der Waals surface area (Å²) in [5.41, 5.74) is 2.19. The van der Waals surface area contributed by atoms with Crippen LogP contribution in [0.5, 0.6) is 0 Å². The fraction of sp³-hybridized carbons (Fsp3) is 0.385. The fourth-order valence-corrected chi connectivity index (χ4v) is 1.56. The molecule has 19 heavy (non-hydrogen) atoms. The van der Waals surface area contributed by atoms with Gasteiger partial charge in [-0.25, -0.2) is 0 Å². The van der Waals surface area contributed by atoms with Crippen molar-refractivity contribution < 1.29 is 9.59 Å². The van der Waals surface area contributed by atoms with Crippen LogP contribution in [0.3, 0.4) is 0 Å². The van der Waals surface area contributed by atoms with Gasteiger partial charge in [0.2, 0.25) is 5.91 Å². The number of halogens is 1. The lowest BCUT2D eigenvalue weighted by Crippen LogP contribution is -2.26. The van der Waals surface area contributed by atoms with Gasteiger partial charge in [0.15, 0.2) is 0 Å².